The Morgan fingerprint density at radius 2 is 1.96 bits per heavy atom. The zero-order valence-electron chi connectivity index (χ0n) is 16.8. The summed E-state index contributed by atoms with van der Waals surface area (Å²) in [6.07, 6.45) is 1.05. The maximum absolute atomic E-state index is 5.45. The van der Waals surface area contributed by atoms with Crippen LogP contribution in [0.2, 0.25) is 0 Å². The Hall–Kier alpha value is -1.06. The number of methoxy groups -OCH3 is 2. The first-order valence-corrected chi connectivity index (χ1v) is 8.93. The third kappa shape index (κ3) is 10.2. The van der Waals surface area contributed by atoms with E-state index >= 15 is 0 Å². The zero-order valence-corrected chi connectivity index (χ0v) is 19.1. The average molecular weight is 478 g/mol. The summed E-state index contributed by atoms with van der Waals surface area (Å²) in [5.74, 6) is 1.73. The molecule has 0 fully saturated rings. The molecule has 0 radical (unpaired) electrons. The molecule has 0 aliphatic carbocycles. The van der Waals surface area contributed by atoms with Gasteiger partial charge in [-0.15, -0.1) is 24.0 Å². The Kier molecular flexibility index (Phi) is 14.4. The summed E-state index contributed by atoms with van der Waals surface area (Å²) in [6, 6.07) is 6.20. The second kappa shape index (κ2) is 15.0. The van der Waals surface area contributed by atoms with Crippen LogP contribution in [0.25, 0.3) is 0 Å². The molecule has 6 nitrogen and oxygen atoms in total. The van der Waals surface area contributed by atoms with Gasteiger partial charge in [-0.1, -0.05) is 12.1 Å². The standard InChI is InChI=1S/C19H34N4O2.HI/c1-6-20-19(21-10-7-11-23(3)12-13-24-4)22-15-17-9-8-16(2)14-18(17)25-5;/h8-9,14H,6-7,10-13,15H2,1-5H3,(H2,20,21,22);1H. The van der Waals surface area contributed by atoms with Crippen molar-refractivity contribution in [3.05, 3.63) is 29.3 Å². The van der Waals surface area contributed by atoms with E-state index in [9.17, 15) is 0 Å². The van der Waals surface area contributed by atoms with Gasteiger partial charge in [0.25, 0.3) is 0 Å². The van der Waals surface area contributed by atoms with Crippen LogP contribution >= 0.6 is 24.0 Å². The molecule has 0 saturated heterocycles. The molecule has 0 aromatic heterocycles. The van der Waals surface area contributed by atoms with Crippen LogP contribution in [-0.2, 0) is 11.3 Å². The second-order valence-electron chi connectivity index (χ2n) is 6.09. The van der Waals surface area contributed by atoms with E-state index in [1.165, 1.54) is 5.56 Å². The van der Waals surface area contributed by atoms with Crippen molar-refractivity contribution in [3.8, 4) is 5.75 Å². The van der Waals surface area contributed by atoms with Crippen LogP contribution in [0.15, 0.2) is 23.2 Å². The van der Waals surface area contributed by atoms with E-state index in [-0.39, 0.29) is 24.0 Å². The number of halogens is 1. The van der Waals surface area contributed by atoms with Crippen molar-refractivity contribution in [1.29, 1.82) is 0 Å². The molecule has 1 rings (SSSR count). The number of hydrogen-bond donors (Lipinski definition) is 2. The molecule has 0 saturated carbocycles. The van der Waals surface area contributed by atoms with Gasteiger partial charge < -0.3 is 25.0 Å². The fraction of sp³-hybridized carbons (Fsp3) is 0.632. The molecule has 7 heteroatoms. The predicted molar refractivity (Wildman–Crippen MR) is 120 cm³/mol. The summed E-state index contributed by atoms with van der Waals surface area (Å²) in [5.41, 5.74) is 2.27. The number of nitrogens with zero attached hydrogens (tertiary/aromatic N) is 2. The van der Waals surface area contributed by atoms with Crippen molar-refractivity contribution in [2.75, 3.05) is 54.1 Å². The summed E-state index contributed by atoms with van der Waals surface area (Å²) in [5, 5.41) is 6.68. The van der Waals surface area contributed by atoms with Gasteiger partial charge in [-0.2, -0.15) is 0 Å². The first-order chi connectivity index (χ1) is 12.1. The van der Waals surface area contributed by atoms with Crippen molar-refractivity contribution < 1.29 is 9.47 Å². The Morgan fingerprint density at radius 3 is 2.62 bits per heavy atom. The van der Waals surface area contributed by atoms with Gasteiger partial charge in [0.15, 0.2) is 5.96 Å². The van der Waals surface area contributed by atoms with Gasteiger partial charge in [0.2, 0.25) is 0 Å². The number of rotatable bonds is 11. The minimum atomic E-state index is 0. The maximum atomic E-state index is 5.45. The fourth-order valence-corrected chi connectivity index (χ4v) is 2.40. The van der Waals surface area contributed by atoms with Crippen LogP contribution in [0.5, 0.6) is 5.75 Å². The van der Waals surface area contributed by atoms with E-state index in [1.54, 1.807) is 14.2 Å². The summed E-state index contributed by atoms with van der Waals surface area (Å²) < 4.78 is 10.5. The average Bonchev–Trinajstić information content (AvgIpc) is 2.61. The normalized spacial score (nSPS) is 11.2. The van der Waals surface area contributed by atoms with E-state index in [0.29, 0.717) is 6.54 Å². The van der Waals surface area contributed by atoms with Crippen molar-refractivity contribution in [3.63, 3.8) is 0 Å². The lowest BCUT2D eigenvalue weighted by Gasteiger charge is -2.17. The van der Waals surface area contributed by atoms with Crippen LogP contribution in [0.1, 0.15) is 24.5 Å². The number of hydrogen-bond acceptors (Lipinski definition) is 4. The van der Waals surface area contributed by atoms with Crippen LogP contribution in [0.4, 0.5) is 0 Å². The summed E-state index contributed by atoms with van der Waals surface area (Å²) in [7, 11) is 5.55. The molecule has 0 bridgehead atoms. The lowest BCUT2D eigenvalue weighted by molar-refractivity contribution is 0.161. The molecule has 2 N–H and O–H groups in total. The van der Waals surface area contributed by atoms with Gasteiger partial charge in [-0.25, -0.2) is 4.99 Å². The molecule has 1 aromatic carbocycles. The number of benzene rings is 1. The number of likely N-dealkylation sites (N-methyl/N-ethyl adjacent to an activating group) is 1. The van der Waals surface area contributed by atoms with E-state index in [0.717, 1.165) is 56.5 Å². The first-order valence-electron chi connectivity index (χ1n) is 8.93. The van der Waals surface area contributed by atoms with Gasteiger partial charge in [0, 0.05) is 32.3 Å². The first kappa shape index (κ1) is 24.9. The van der Waals surface area contributed by atoms with E-state index in [4.69, 9.17) is 9.47 Å². The summed E-state index contributed by atoms with van der Waals surface area (Å²) in [4.78, 5) is 6.94. The molecular formula is C19H35IN4O2. The SMILES string of the molecule is CCNC(=NCc1ccc(C)cc1OC)NCCCN(C)CCOC.I. The Labute approximate surface area is 175 Å². The highest BCUT2D eigenvalue weighted by atomic mass is 127. The van der Waals surface area contributed by atoms with Crippen molar-refractivity contribution in [1.82, 2.24) is 15.5 Å². The Bertz CT molecular complexity index is 526. The van der Waals surface area contributed by atoms with Gasteiger partial charge in [0.1, 0.15) is 5.75 Å². The third-order valence-electron chi connectivity index (χ3n) is 3.88. The lowest BCUT2D eigenvalue weighted by atomic mass is 10.1. The molecule has 0 amide bonds. The predicted octanol–water partition coefficient (Wildman–Crippen LogP) is 2.65. The maximum Gasteiger partial charge on any atom is 0.191 e. The smallest absolute Gasteiger partial charge is 0.191 e. The number of nitrogens with one attached hydrogen (secondary N) is 2. The van der Waals surface area contributed by atoms with Gasteiger partial charge >= 0.3 is 0 Å². The minimum Gasteiger partial charge on any atom is -0.496 e. The van der Waals surface area contributed by atoms with Gasteiger partial charge in [-0.05, 0) is 45.5 Å². The molecule has 0 aliphatic heterocycles. The van der Waals surface area contributed by atoms with Crippen LogP contribution in [0, 0.1) is 6.92 Å². The highest BCUT2D eigenvalue weighted by Gasteiger charge is 2.04. The van der Waals surface area contributed by atoms with Crippen molar-refractivity contribution in [2.24, 2.45) is 4.99 Å². The fourth-order valence-electron chi connectivity index (χ4n) is 2.40. The topological polar surface area (TPSA) is 58.1 Å². The van der Waals surface area contributed by atoms with Crippen LogP contribution in [-0.4, -0.2) is 64.9 Å². The van der Waals surface area contributed by atoms with Gasteiger partial charge in [0.05, 0.1) is 20.3 Å². The van der Waals surface area contributed by atoms with Crippen LogP contribution in [0.3, 0.4) is 0 Å². The largest absolute Gasteiger partial charge is 0.496 e. The number of aliphatic imine (C=N–C) groups is 1. The van der Waals surface area contributed by atoms with E-state index in [2.05, 4.69) is 53.6 Å². The molecular weight excluding hydrogens is 443 g/mol. The zero-order chi connectivity index (χ0) is 18.5. The minimum absolute atomic E-state index is 0. The highest BCUT2D eigenvalue weighted by Crippen LogP contribution is 2.20. The quantitative estimate of drug-likeness (QED) is 0.222. The monoisotopic (exact) mass is 478 g/mol. The lowest BCUT2D eigenvalue weighted by Crippen LogP contribution is -2.38. The summed E-state index contributed by atoms with van der Waals surface area (Å²) >= 11 is 0. The van der Waals surface area contributed by atoms with Crippen LogP contribution < -0.4 is 15.4 Å². The number of ether oxygens (including phenoxy) is 2. The number of guanidine groups is 1. The molecule has 0 heterocycles. The molecule has 150 valence electrons. The van der Waals surface area contributed by atoms with E-state index < -0.39 is 0 Å². The van der Waals surface area contributed by atoms with E-state index in [1.807, 2.05) is 6.07 Å². The molecule has 0 spiro atoms. The van der Waals surface area contributed by atoms with Crippen molar-refractivity contribution in [2.45, 2.75) is 26.8 Å². The Balaban J connectivity index is 0.00000625. The molecule has 0 atom stereocenters. The number of aryl methyl sites for hydroxylation is 1. The third-order valence-corrected chi connectivity index (χ3v) is 3.88. The molecule has 0 aliphatic rings. The molecule has 0 unspecified atom stereocenters. The highest BCUT2D eigenvalue weighted by molar-refractivity contribution is 14.0. The van der Waals surface area contributed by atoms with Crippen molar-refractivity contribution >= 4 is 29.9 Å². The second-order valence-corrected chi connectivity index (χ2v) is 6.09. The Morgan fingerprint density at radius 1 is 1.19 bits per heavy atom. The molecule has 26 heavy (non-hydrogen) atoms. The summed E-state index contributed by atoms with van der Waals surface area (Å²) in [6.45, 7) is 9.20. The molecule has 1 aromatic rings. The van der Waals surface area contributed by atoms with Gasteiger partial charge in [-0.3, -0.25) is 0 Å².